The van der Waals surface area contributed by atoms with Crippen molar-refractivity contribution in [2.75, 3.05) is 45.9 Å². The van der Waals surface area contributed by atoms with Gasteiger partial charge in [-0.25, -0.2) is 8.42 Å². The maximum absolute atomic E-state index is 13.2. The number of carbonyl (C=O) groups is 1. The van der Waals surface area contributed by atoms with E-state index >= 15 is 0 Å². The summed E-state index contributed by atoms with van der Waals surface area (Å²) in [5.41, 5.74) is 0.235. The molecule has 1 atom stereocenters. The zero-order chi connectivity index (χ0) is 22.3. The zero-order valence-corrected chi connectivity index (χ0v) is 19.7. The quantitative estimate of drug-likeness (QED) is 0.625. The molecule has 2 heterocycles. The van der Waals surface area contributed by atoms with Crippen molar-refractivity contribution in [1.29, 1.82) is 0 Å². The van der Waals surface area contributed by atoms with Gasteiger partial charge in [-0.1, -0.05) is 45.2 Å². The predicted molar refractivity (Wildman–Crippen MR) is 122 cm³/mol. The number of nitrogens with zero attached hydrogens (tertiary/aromatic N) is 2. The van der Waals surface area contributed by atoms with Crippen molar-refractivity contribution in [3.05, 3.63) is 29.8 Å². The molecule has 0 radical (unpaired) electrons. The fraction of sp³-hybridized carbons (Fsp3) is 0.696. The lowest BCUT2D eigenvalue weighted by atomic mass is 9.92. The lowest BCUT2D eigenvalue weighted by molar-refractivity contribution is 0.00190. The molecular weight excluding hydrogens is 414 g/mol. The lowest BCUT2D eigenvalue weighted by Crippen LogP contribution is -2.52. The van der Waals surface area contributed by atoms with E-state index in [0.29, 0.717) is 38.8 Å². The molecule has 1 aromatic rings. The molecule has 0 saturated carbocycles. The molecule has 2 fully saturated rings. The summed E-state index contributed by atoms with van der Waals surface area (Å²) in [6.07, 6.45) is 4.85. The first-order valence-electron chi connectivity index (χ1n) is 11.7. The number of morpholine rings is 1. The van der Waals surface area contributed by atoms with E-state index in [4.69, 9.17) is 4.74 Å². The Morgan fingerprint density at radius 3 is 2.32 bits per heavy atom. The predicted octanol–water partition coefficient (Wildman–Crippen LogP) is 2.73. The highest BCUT2D eigenvalue weighted by Gasteiger charge is 2.31. The van der Waals surface area contributed by atoms with Crippen molar-refractivity contribution in [1.82, 2.24) is 14.5 Å². The van der Waals surface area contributed by atoms with Crippen molar-refractivity contribution >= 4 is 15.9 Å². The topological polar surface area (TPSA) is 79.0 Å². The molecule has 1 amide bonds. The van der Waals surface area contributed by atoms with E-state index in [1.54, 1.807) is 24.3 Å². The molecule has 1 unspecified atom stereocenters. The summed E-state index contributed by atoms with van der Waals surface area (Å²) >= 11 is 0. The summed E-state index contributed by atoms with van der Waals surface area (Å²) < 4.78 is 33.5. The number of hydrogen-bond acceptors (Lipinski definition) is 5. The molecule has 0 bridgehead atoms. The van der Waals surface area contributed by atoms with Gasteiger partial charge in [-0.2, -0.15) is 4.31 Å². The van der Waals surface area contributed by atoms with Crippen LogP contribution in [0.25, 0.3) is 0 Å². The lowest BCUT2D eigenvalue weighted by Gasteiger charge is -2.38. The average Bonchev–Trinajstić information content (AvgIpc) is 2.82. The molecule has 0 aromatic heterocycles. The Kier molecular flexibility index (Phi) is 8.89. The van der Waals surface area contributed by atoms with Crippen LogP contribution in [0.3, 0.4) is 0 Å². The van der Waals surface area contributed by atoms with Gasteiger partial charge in [0.15, 0.2) is 0 Å². The van der Waals surface area contributed by atoms with Gasteiger partial charge in [0.1, 0.15) is 0 Å². The van der Waals surface area contributed by atoms with Crippen LogP contribution in [0.5, 0.6) is 0 Å². The van der Waals surface area contributed by atoms with Gasteiger partial charge >= 0.3 is 0 Å². The molecule has 3 rings (SSSR count). The van der Waals surface area contributed by atoms with Crippen LogP contribution in [0.4, 0.5) is 0 Å². The number of hydrogen-bond donors (Lipinski definition) is 1. The van der Waals surface area contributed by atoms with Crippen molar-refractivity contribution in [2.45, 2.75) is 56.9 Å². The molecule has 1 N–H and O–H groups in total. The van der Waals surface area contributed by atoms with E-state index in [2.05, 4.69) is 24.1 Å². The summed E-state index contributed by atoms with van der Waals surface area (Å²) in [5.74, 6) is 0.145. The zero-order valence-electron chi connectivity index (χ0n) is 18.9. The van der Waals surface area contributed by atoms with E-state index < -0.39 is 10.0 Å². The van der Waals surface area contributed by atoms with Crippen LogP contribution in [0.15, 0.2) is 29.2 Å². The molecule has 7 nitrogen and oxygen atoms in total. The Morgan fingerprint density at radius 1 is 1.03 bits per heavy atom. The fourth-order valence-electron chi connectivity index (χ4n) is 4.75. The second kappa shape index (κ2) is 11.4. The third-order valence-corrected chi connectivity index (χ3v) is 8.60. The van der Waals surface area contributed by atoms with E-state index in [9.17, 15) is 13.2 Å². The van der Waals surface area contributed by atoms with Gasteiger partial charge in [-0.15, -0.1) is 0 Å². The average molecular weight is 452 g/mol. The largest absolute Gasteiger partial charge is 0.379 e. The molecular formula is C23H37N3O4S. The summed E-state index contributed by atoms with van der Waals surface area (Å²) in [4.78, 5) is 15.7. The molecule has 0 aliphatic carbocycles. The Morgan fingerprint density at radius 2 is 1.68 bits per heavy atom. The van der Waals surface area contributed by atoms with Gasteiger partial charge in [-0.3, -0.25) is 9.69 Å². The fourth-order valence-corrected chi connectivity index (χ4v) is 6.46. The van der Waals surface area contributed by atoms with Gasteiger partial charge in [0.05, 0.1) is 23.7 Å². The highest BCUT2D eigenvalue weighted by molar-refractivity contribution is 7.89. The molecule has 2 aliphatic rings. The molecule has 0 spiro atoms. The Balaban J connectivity index is 1.76. The van der Waals surface area contributed by atoms with Crippen molar-refractivity contribution in [2.24, 2.45) is 5.92 Å². The normalized spacial score (nSPS) is 20.0. The van der Waals surface area contributed by atoms with Crippen LogP contribution in [0.2, 0.25) is 0 Å². The molecule has 31 heavy (non-hydrogen) atoms. The minimum atomic E-state index is -3.68. The van der Waals surface area contributed by atoms with Gasteiger partial charge < -0.3 is 10.1 Å². The number of rotatable bonds is 9. The maximum Gasteiger partial charge on any atom is 0.252 e. The van der Waals surface area contributed by atoms with Crippen LogP contribution >= 0.6 is 0 Å². The minimum absolute atomic E-state index is 0.111. The molecule has 2 aliphatic heterocycles. The number of amides is 1. The van der Waals surface area contributed by atoms with Crippen molar-refractivity contribution < 1.29 is 17.9 Å². The highest BCUT2D eigenvalue weighted by Crippen LogP contribution is 2.24. The number of nitrogens with one attached hydrogen (secondary N) is 1. The second-order valence-corrected chi connectivity index (χ2v) is 10.4. The van der Waals surface area contributed by atoms with Crippen LogP contribution in [-0.2, 0) is 14.8 Å². The van der Waals surface area contributed by atoms with Gasteiger partial charge in [0.25, 0.3) is 5.91 Å². The second-order valence-electron chi connectivity index (χ2n) is 8.46. The number of carbonyl (C=O) groups excluding carboxylic acids is 1. The monoisotopic (exact) mass is 451 g/mol. The number of benzene rings is 1. The molecule has 174 valence electrons. The molecule has 2 saturated heterocycles. The van der Waals surface area contributed by atoms with E-state index in [0.717, 1.165) is 45.2 Å². The Labute approximate surface area is 187 Å². The number of piperidine rings is 1. The highest BCUT2D eigenvalue weighted by atomic mass is 32.2. The van der Waals surface area contributed by atoms with E-state index in [1.807, 2.05) is 0 Å². The van der Waals surface area contributed by atoms with Gasteiger partial charge in [-0.05, 0) is 30.9 Å². The molecule has 8 heteroatoms. The SMILES string of the molecule is CCC(CC)C(CNC(=O)c1ccccc1S(=O)(=O)N1CCCCC1)N1CCOCC1. The van der Waals surface area contributed by atoms with Crippen LogP contribution in [0.1, 0.15) is 56.3 Å². The Hall–Kier alpha value is -1.48. The number of ether oxygens (including phenoxy) is 1. The van der Waals surface area contributed by atoms with Gasteiger partial charge in [0, 0.05) is 38.8 Å². The van der Waals surface area contributed by atoms with E-state index in [-0.39, 0.29) is 22.4 Å². The third-order valence-electron chi connectivity index (χ3n) is 6.64. The first kappa shape index (κ1) is 24.2. The number of sulfonamides is 1. The third kappa shape index (κ3) is 5.86. The summed E-state index contributed by atoms with van der Waals surface area (Å²) in [7, 11) is -3.68. The first-order chi connectivity index (χ1) is 15.0. The van der Waals surface area contributed by atoms with Crippen molar-refractivity contribution in [3.63, 3.8) is 0 Å². The summed E-state index contributed by atoms with van der Waals surface area (Å²) in [5, 5.41) is 3.06. The Bertz CT molecular complexity index is 814. The summed E-state index contributed by atoms with van der Waals surface area (Å²) in [6.45, 7) is 9.05. The standard InChI is InChI=1S/C23H37N3O4S/c1-3-19(4-2)21(25-14-16-30-17-15-25)18-24-23(27)20-10-6-7-11-22(20)31(28,29)26-12-8-5-9-13-26/h6-7,10-11,19,21H,3-5,8-9,12-18H2,1-2H3,(H,24,27). The summed E-state index contributed by atoms with van der Waals surface area (Å²) in [6, 6.07) is 6.80. The van der Waals surface area contributed by atoms with E-state index in [1.165, 1.54) is 4.31 Å². The van der Waals surface area contributed by atoms with Crippen LogP contribution in [-0.4, -0.2) is 75.5 Å². The maximum atomic E-state index is 13.2. The van der Waals surface area contributed by atoms with Crippen LogP contribution < -0.4 is 5.32 Å². The van der Waals surface area contributed by atoms with Crippen LogP contribution in [0, 0.1) is 5.92 Å². The molecule has 1 aromatic carbocycles. The van der Waals surface area contributed by atoms with Crippen molar-refractivity contribution in [3.8, 4) is 0 Å². The van der Waals surface area contributed by atoms with Gasteiger partial charge in [0.2, 0.25) is 10.0 Å². The minimum Gasteiger partial charge on any atom is -0.379 e. The first-order valence-corrected chi connectivity index (χ1v) is 13.1. The smallest absolute Gasteiger partial charge is 0.252 e.